The van der Waals surface area contributed by atoms with Crippen molar-refractivity contribution in [1.29, 1.82) is 0 Å². The molecule has 1 saturated heterocycles. The molecule has 0 aliphatic carbocycles. The predicted molar refractivity (Wildman–Crippen MR) is 171 cm³/mol. The van der Waals surface area contributed by atoms with Gasteiger partial charge in [-0.2, -0.15) is 0 Å². The van der Waals surface area contributed by atoms with Crippen LogP contribution in [-0.4, -0.2) is 43.8 Å². The number of benzene rings is 3. The van der Waals surface area contributed by atoms with Crippen molar-refractivity contribution in [3.63, 3.8) is 0 Å². The summed E-state index contributed by atoms with van der Waals surface area (Å²) in [6.07, 6.45) is 6.11. The van der Waals surface area contributed by atoms with E-state index in [1.165, 1.54) is 12.0 Å². The molecule has 1 aliphatic heterocycles. The molecule has 2 atom stereocenters. The average molecular weight is 586 g/mol. The smallest absolute Gasteiger partial charge is 0.253 e. The molecule has 3 aromatic carbocycles. The van der Waals surface area contributed by atoms with E-state index in [1.54, 1.807) is 12.1 Å². The molecule has 2 N–H and O–H groups in total. The summed E-state index contributed by atoms with van der Waals surface area (Å²) in [5.41, 5.74) is 5.84. The molecule has 1 aliphatic rings. The average Bonchev–Trinajstić information content (AvgIpc) is 3.35. The van der Waals surface area contributed by atoms with Crippen molar-refractivity contribution in [3.05, 3.63) is 89.5 Å². The molecule has 7 heteroatoms. The lowest BCUT2D eigenvalue weighted by Gasteiger charge is -2.35. The molecule has 0 radical (unpaired) electrons. The van der Waals surface area contributed by atoms with Crippen LogP contribution in [0.15, 0.2) is 77.7 Å². The lowest BCUT2D eigenvalue weighted by atomic mass is 9.91. The van der Waals surface area contributed by atoms with E-state index in [4.69, 9.17) is 0 Å². The second kappa shape index (κ2) is 13.3. The first-order valence-corrected chi connectivity index (χ1v) is 16.8. The number of carbonyl (C=O) groups excluding carboxylic acids is 1. The number of hydrogen-bond donors (Lipinski definition) is 2. The van der Waals surface area contributed by atoms with Crippen LogP contribution in [0.5, 0.6) is 0 Å². The van der Waals surface area contributed by atoms with Crippen LogP contribution >= 0.6 is 0 Å². The highest BCUT2D eigenvalue weighted by molar-refractivity contribution is 7.89. The summed E-state index contributed by atoms with van der Waals surface area (Å²) >= 11 is 0. The third-order valence-electron chi connectivity index (χ3n) is 8.36. The topological polar surface area (TPSA) is 82.3 Å². The molecule has 1 amide bonds. The van der Waals surface area contributed by atoms with Crippen LogP contribution in [0.25, 0.3) is 22.2 Å². The molecule has 5 rings (SSSR count). The first-order valence-electron chi connectivity index (χ1n) is 15.3. The van der Waals surface area contributed by atoms with Crippen LogP contribution in [0.1, 0.15) is 67.9 Å². The molecule has 6 nitrogen and oxygen atoms in total. The molecule has 0 bridgehead atoms. The highest BCUT2D eigenvalue weighted by Gasteiger charge is 2.26. The number of H-pyrrole nitrogens is 1. The molecule has 2 heterocycles. The van der Waals surface area contributed by atoms with Crippen molar-refractivity contribution in [2.24, 2.45) is 11.8 Å². The molecule has 0 spiro atoms. The minimum atomic E-state index is -3.62. The molecular formula is C35H43N3O3S. The van der Waals surface area contributed by atoms with E-state index in [-0.39, 0.29) is 12.5 Å². The number of likely N-dealkylation sites (tertiary alicyclic amines) is 1. The maximum atomic E-state index is 13.2. The summed E-state index contributed by atoms with van der Waals surface area (Å²) in [4.78, 5) is 19.0. The minimum absolute atomic E-state index is 0.0835. The standard InChI is InChI=1S/C35H43N3O3S/c1-4-5-6-9-27-12-18-30(19-13-27)42(40,41)36-21-20-32-31-10-7-8-11-33(31)37-34(32)28-14-16-29(17-15-28)35(39)38-23-25(2)22-26(3)24-38/h7-8,10-19,25-26,36-37H,4-6,9,20-24H2,1-3H3. The highest BCUT2D eigenvalue weighted by atomic mass is 32.2. The van der Waals surface area contributed by atoms with Crippen molar-refractivity contribution in [2.75, 3.05) is 19.6 Å². The Kier molecular flexibility index (Phi) is 9.49. The van der Waals surface area contributed by atoms with Gasteiger partial charge in [0, 0.05) is 41.8 Å². The van der Waals surface area contributed by atoms with Gasteiger partial charge in [0.25, 0.3) is 5.91 Å². The molecule has 222 valence electrons. The van der Waals surface area contributed by atoms with E-state index in [9.17, 15) is 13.2 Å². The summed E-state index contributed by atoms with van der Waals surface area (Å²) < 4.78 is 28.9. The number of unbranched alkanes of at least 4 members (excludes halogenated alkanes) is 2. The van der Waals surface area contributed by atoms with E-state index in [2.05, 4.69) is 36.5 Å². The molecule has 1 fully saturated rings. The zero-order valence-corrected chi connectivity index (χ0v) is 25.8. The second-order valence-electron chi connectivity index (χ2n) is 12.0. The number of rotatable bonds is 11. The Morgan fingerprint density at radius 2 is 1.60 bits per heavy atom. The lowest BCUT2D eigenvalue weighted by molar-refractivity contribution is 0.0623. The molecule has 4 aromatic rings. The van der Waals surface area contributed by atoms with Gasteiger partial charge in [0.15, 0.2) is 0 Å². The third kappa shape index (κ3) is 6.96. The summed E-state index contributed by atoms with van der Waals surface area (Å²) in [6, 6.07) is 23.1. The van der Waals surface area contributed by atoms with Crippen LogP contribution in [0.2, 0.25) is 0 Å². The SMILES string of the molecule is CCCCCc1ccc(S(=O)(=O)NCCc2c(-c3ccc(C(=O)N4CC(C)CC(C)C4)cc3)[nH]c3ccccc23)cc1. The Morgan fingerprint density at radius 3 is 2.29 bits per heavy atom. The Morgan fingerprint density at radius 1 is 0.905 bits per heavy atom. The second-order valence-corrected chi connectivity index (χ2v) is 13.8. The van der Waals surface area contributed by atoms with Gasteiger partial charge in [-0.05, 0) is 84.5 Å². The summed E-state index contributed by atoms with van der Waals surface area (Å²) in [6.45, 7) is 8.48. The van der Waals surface area contributed by atoms with Gasteiger partial charge in [-0.3, -0.25) is 4.79 Å². The monoisotopic (exact) mass is 585 g/mol. The fraction of sp³-hybridized carbons (Fsp3) is 0.400. The lowest BCUT2D eigenvalue weighted by Crippen LogP contribution is -2.42. The number of aromatic amines is 1. The minimum Gasteiger partial charge on any atom is -0.354 e. The van der Waals surface area contributed by atoms with Crippen LogP contribution in [0, 0.1) is 11.8 Å². The Labute approximate surface area is 250 Å². The Balaban J connectivity index is 1.30. The van der Waals surface area contributed by atoms with Crippen LogP contribution < -0.4 is 4.72 Å². The number of aromatic nitrogens is 1. The summed E-state index contributed by atoms with van der Waals surface area (Å²) in [7, 11) is -3.62. The van der Waals surface area contributed by atoms with E-state index in [0.29, 0.717) is 28.7 Å². The summed E-state index contributed by atoms with van der Waals surface area (Å²) in [5, 5.41) is 1.07. The van der Waals surface area contributed by atoms with E-state index in [1.807, 2.05) is 59.5 Å². The number of fused-ring (bicyclic) bond motifs is 1. The maximum Gasteiger partial charge on any atom is 0.253 e. The van der Waals surface area contributed by atoms with Gasteiger partial charge in [0.1, 0.15) is 0 Å². The first kappa shape index (κ1) is 30.1. The molecule has 0 saturated carbocycles. The third-order valence-corrected chi connectivity index (χ3v) is 9.84. The van der Waals surface area contributed by atoms with Crippen molar-refractivity contribution in [3.8, 4) is 11.3 Å². The van der Waals surface area contributed by atoms with E-state index >= 15 is 0 Å². The van der Waals surface area contributed by atoms with Crippen LogP contribution in [0.3, 0.4) is 0 Å². The number of nitrogens with one attached hydrogen (secondary N) is 2. The normalized spacial score (nSPS) is 17.5. The highest BCUT2D eigenvalue weighted by Crippen LogP contribution is 2.31. The number of carbonyl (C=O) groups is 1. The zero-order valence-electron chi connectivity index (χ0n) is 25.0. The number of amides is 1. The van der Waals surface area contributed by atoms with Gasteiger partial charge in [0.05, 0.1) is 4.90 Å². The van der Waals surface area contributed by atoms with Crippen molar-refractivity contribution < 1.29 is 13.2 Å². The summed E-state index contributed by atoms with van der Waals surface area (Å²) in [5.74, 6) is 1.11. The fourth-order valence-corrected chi connectivity index (χ4v) is 7.34. The number of piperidine rings is 1. The predicted octanol–water partition coefficient (Wildman–Crippen LogP) is 7.21. The zero-order chi connectivity index (χ0) is 29.7. The fourth-order valence-electron chi connectivity index (χ4n) is 6.31. The number of para-hydroxylation sites is 1. The van der Waals surface area contributed by atoms with Crippen molar-refractivity contribution in [2.45, 2.75) is 64.2 Å². The quantitative estimate of drug-likeness (QED) is 0.183. The molecular weight excluding hydrogens is 542 g/mol. The maximum absolute atomic E-state index is 13.2. The van der Waals surface area contributed by atoms with E-state index < -0.39 is 10.0 Å². The van der Waals surface area contributed by atoms with Crippen molar-refractivity contribution >= 4 is 26.8 Å². The van der Waals surface area contributed by atoms with E-state index in [0.717, 1.165) is 66.5 Å². The molecule has 1 aromatic heterocycles. The number of sulfonamides is 1. The number of hydrogen-bond acceptors (Lipinski definition) is 3. The van der Waals surface area contributed by atoms with Gasteiger partial charge >= 0.3 is 0 Å². The Hall–Kier alpha value is -3.42. The molecule has 42 heavy (non-hydrogen) atoms. The van der Waals surface area contributed by atoms with Gasteiger partial charge in [-0.25, -0.2) is 13.1 Å². The Bertz CT molecular complexity index is 1600. The van der Waals surface area contributed by atoms with Gasteiger partial charge in [0.2, 0.25) is 10.0 Å². The first-order chi connectivity index (χ1) is 20.2. The van der Waals surface area contributed by atoms with Gasteiger partial charge in [-0.1, -0.05) is 76.1 Å². The number of nitrogens with zero attached hydrogens (tertiary/aromatic N) is 1. The van der Waals surface area contributed by atoms with Gasteiger partial charge in [-0.15, -0.1) is 0 Å². The van der Waals surface area contributed by atoms with Gasteiger partial charge < -0.3 is 9.88 Å². The largest absolute Gasteiger partial charge is 0.354 e. The number of aryl methyl sites for hydroxylation is 1. The van der Waals surface area contributed by atoms with Crippen LogP contribution in [-0.2, 0) is 22.9 Å². The van der Waals surface area contributed by atoms with Crippen molar-refractivity contribution in [1.82, 2.24) is 14.6 Å². The molecule has 2 unspecified atom stereocenters. The van der Waals surface area contributed by atoms with Crippen LogP contribution in [0.4, 0.5) is 0 Å².